The molecule has 1 saturated heterocycles. The van der Waals surface area contributed by atoms with Gasteiger partial charge in [-0.15, -0.1) is 24.0 Å². The molecule has 1 aliphatic heterocycles. The first-order chi connectivity index (χ1) is 11.7. The molecule has 0 aliphatic carbocycles. The molecule has 1 aliphatic rings. The van der Waals surface area contributed by atoms with E-state index in [4.69, 9.17) is 4.74 Å². The molecule has 1 aromatic carbocycles. The summed E-state index contributed by atoms with van der Waals surface area (Å²) in [5.41, 5.74) is 1.02. The van der Waals surface area contributed by atoms with Gasteiger partial charge in [-0.05, 0) is 13.0 Å². The molecule has 0 aromatic heterocycles. The van der Waals surface area contributed by atoms with Crippen molar-refractivity contribution < 1.29 is 14.3 Å². The predicted octanol–water partition coefficient (Wildman–Crippen LogP) is 0.920. The summed E-state index contributed by atoms with van der Waals surface area (Å²) in [7, 11) is 1.66. The van der Waals surface area contributed by atoms with Gasteiger partial charge < -0.3 is 20.7 Å². The first-order valence-corrected chi connectivity index (χ1v) is 7.89. The molecule has 0 radical (unpaired) electrons. The maximum Gasteiger partial charge on any atom is 0.324 e. The topological polar surface area (TPSA) is 95.1 Å². The Labute approximate surface area is 164 Å². The second kappa shape index (κ2) is 10.7. The van der Waals surface area contributed by atoms with Gasteiger partial charge >= 0.3 is 6.03 Å². The molecule has 0 saturated carbocycles. The van der Waals surface area contributed by atoms with Crippen molar-refractivity contribution >= 4 is 41.9 Å². The second-order valence-corrected chi connectivity index (χ2v) is 5.10. The van der Waals surface area contributed by atoms with Crippen LogP contribution in [0.2, 0.25) is 0 Å². The third-order valence-corrected chi connectivity index (χ3v) is 3.51. The summed E-state index contributed by atoms with van der Waals surface area (Å²) in [5, 5.41) is 8.76. The molecule has 0 bridgehead atoms. The number of ether oxygens (including phenoxy) is 1. The number of benzene rings is 1. The van der Waals surface area contributed by atoms with Crippen LogP contribution in [0.5, 0.6) is 5.75 Å². The van der Waals surface area contributed by atoms with E-state index in [1.54, 1.807) is 7.05 Å². The molecule has 3 N–H and O–H groups in total. The van der Waals surface area contributed by atoms with Crippen LogP contribution in [-0.4, -0.2) is 56.1 Å². The van der Waals surface area contributed by atoms with Gasteiger partial charge in [-0.3, -0.25) is 14.7 Å². The first kappa shape index (κ1) is 21.0. The highest BCUT2D eigenvalue weighted by Gasteiger charge is 2.27. The molecule has 25 heavy (non-hydrogen) atoms. The lowest BCUT2D eigenvalue weighted by Crippen LogP contribution is -2.43. The zero-order chi connectivity index (χ0) is 17.4. The van der Waals surface area contributed by atoms with Crippen molar-refractivity contribution in [2.45, 2.75) is 13.5 Å². The molecule has 2 rings (SSSR count). The zero-order valence-electron chi connectivity index (χ0n) is 14.4. The van der Waals surface area contributed by atoms with Gasteiger partial charge in [0.1, 0.15) is 5.75 Å². The van der Waals surface area contributed by atoms with Crippen LogP contribution in [0.25, 0.3) is 0 Å². The van der Waals surface area contributed by atoms with Crippen LogP contribution in [-0.2, 0) is 11.3 Å². The van der Waals surface area contributed by atoms with Crippen molar-refractivity contribution in [1.82, 2.24) is 20.9 Å². The van der Waals surface area contributed by atoms with Gasteiger partial charge in [0, 0.05) is 32.2 Å². The van der Waals surface area contributed by atoms with Gasteiger partial charge in [0.2, 0.25) is 5.91 Å². The number of para-hydroxylation sites is 1. The number of guanidine groups is 1. The summed E-state index contributed by atoms with van der Waals surface area (Å²) >= 11 is 0. The Morgan fingerprint density at radius 2 is 2.08 bits per heavy atom. The van der Waals surface area contributed by atoms with E-state index in [1.165, 1.54) is 4.90 Å². The number of carbonyl (C=O) groups excluding carboxylic acids is 2. The molecule has 1 fully saturated rings. The number of halogens is 1. The number of hydrogen-bond acceptors (Lipinski definition) is 4. The van der Waals surface area contributed by atoms with Gasteiger partial charge in [-0.1, -0.05) is 18.2 Å². The van der Waals surface area contributed by atoms with E-state index in [-0.39, 0.29) is 42.5 Å². The van der Waals surface area contributed by atoms with E-state index in [0.717, 1.165) is 11.3 Å². The number of aliphatic imine (C=N–C) groups is 1. The Morgan fingerprint density at radius 1 is 1.32 bits per heavy atom. The molecule has 1 aromatic rings. The van der Waals surface area contributed by atoms with E-state index < -0.39 is 0 Å². The summed E-state index contributed by atoms with van der Waals surface area (Å²) in [6, 6.07) is 7.44. The quantitative estimate of drug-likeness (QED) is 0.243. The maximum atomic E-state index is 11.5. The highest BCUT2D eigenvalue weighted by atomic mass is 127. The summed E-state index contributed by atoms with van der Waals surface area (Å²) in [6.07, 6.45) is 0. The van der Waals surface area contributed by atoms with Gasteiger partial charge in [0.05, 0.1) is 13.2 Å². The Kier molecular flexibility index (Phi) is 9.03. The van der Waals surface area contributed by atoms with Crippen LogP contribution < -0.4 is 20.7 Å². The fourth-order valence-electron chi connectivity index (χ4n) is 2.31. The Balaban J connectivity index is 0.00000312. The number of carbonyl (C=O) groups is 2. The highest BCUT2D eigenvalue weighted by Crippen LogP contribution is 2.17. The smallest absolute Gasteiger partial charge is 0.324 e. The number of hydrogen-bond donors (Lipinski definition) is 3. The average molecular weight is 461 g/mol. The molecule has 0 atom stereocenters. The van der Waals surface area contributed by atoms with Crippen LogP contribution in [0.15, 0.2) is 29.3 Å². The van der Waals surface area contributed by atoms with Crippen molar-refractivity contribution in [1.29, 1.82) is 0 Å². The minimum absolute atomic E-state index is 0. The van der Waals surface area contributed by atoms with Gasteiger partial charge in [-0.2, -0.15) is 0 Å². The number of amides is 3. The van der Waals surface area contributed by atoms with Crippen molar-refractivity contribution in [3.05, 3.63) is 29.8 Å². The molecule has 3 amide bonds. The fourth-order valence-corrected chi connectivity index (χ4v) is 2.31. The number of nitrogens with zero attached hydrogens (tertiary/aromatic N) is 2. The van der Waals surface area contributed by atoms with Gasteiger partial charge in [0.15, 0.2) is 5.96 Å². The molecular formula is C16H24IN5O3. The van der Waals surface area contributed by atoms with E-state index in [0.29, 0.717) is 32.2 Å². The number of urea groups is 1. The maximum absolute atomic E-state index is 11.5. The fraction of sp³-hybridized carbons (Fsp3) is 0.438. The molecule has 1 heterocycles. The third-order valence-electron chi connectivity index (χ3n) is 3.51. The van der Waals surface area contributed by atoms with Crippen LogP contribution in [0, 0.1) is 0 Å². The van der Waals surface area contributed by atoms with Crippen LogP contribution in [0.4, 0.5) is 4.79 Å². The van der Waals surface area contributed by atoms with Crippen molar-refractivity contribution in [2.24, 2.45) is 4.99 Å². The lowest BCUT2D eigenvalue weighted by molar-refractivity contribution is -0.124. The Bertz CT molecular complexity index is 608. The normalized spacial score (nSPS) is 14.0. The highest BCUT2D eigenvalue weighted by molar-refractivity contribution is 14.0. The van der Waals surface area contributed by atoms with Gasteiger partial charge in [0.25, 0.3) is 0 Å². The van der Waals surface area contributed by atoms with Crippen LogP contribution >= 0.6 is 24.0 Å². The first-order valence-electron chi connectivity index (χ1n) is 7.89. The van der Waals surface area contributed by atoms with Crippen molar-refractivity contribution in [3.8, 4) is 5.75 Å². The molecule has 9 heteroatoms. The minimum Gasteiger partial charge on any atom is -0.494 e. The SMILES string of the molecule is CCOc1ccccc1CNC(=NC)NCCN1C(=O)CNC1=O.I. The minimum atomic E-state index is -0.351. The van der Waals surface area contributed by atoms with Gasteiger partial charge in [-0.25, -0.2) is 4.79 Å². The summed E-state index contributed by atoms with van der Waals surface area (Å²) in [6.45, 7) is 3.89. The van der Waals surface area contributed by atoms with E-state index in [2.05, 4.69) is 20.9 Å². The number of imide groups is 1. The molecule has 8 nitrogen and oxygen atoms in total. The van der Waals surface area contributed by atoms with Crippen LogP contribution in [0.3, 0.4) is 0 Å². The third kappa shape index (κ3) is 6.07. The molecule has 138 valence electrons. The van der Waals surface area contributed by atoms with Crippen molar-refractivity contribution in [3.63, 3.8) is 0 Å². The Hall–Kier alpha value is -2.04. The summed E-state index contributed by atoms with van der Waals surface area (Å²) in [4.78, 5) is 28.3. The lowest BCUT2D eigenvalue weighted by Gasteiger charge is -2.16. The monoisotopic (exact) mass is 461 g/mol. The summed E-state index contributed by atoms with van der Waals surface area (Å²) in [5.74, 6) is 1.21. The van der Waals surface area contributed by atoms with Crippen molar-refractivity contribution in [2.75, 3.05) is 33.3 Å². The summed E-state index contributed by atoms with van der Waals surface area (Å²) < 4.78 is 5.59. The van der Waals surface area contributed by atoms with E-state index >= 15 is 0 Å². The Morgan fingerprint density at radius 3 is 2.72 bits per heavy atom. The number of nitrogens with one attached hydrogen (secondary N) is 3. The zero-order valence-corrected chi connectivity index (χ0v) is 16.7. The van der Waals surface area contributed by atoms with E-state index in [9.17, 15) is 9.59 Å². The second-order valence-electron chi connectivity index (χ2n) is 5.10. The largest absolute Gasteiger partial charge is 0.494 e. The molecular weight excluding hydrogens is 437 g/mol. The average Bonchev–Trinajstić information content (AvgIpc) is 2.91. The van der Waals surface area contributed by atoms with Crippen LogP contribution in [0.1, 0.15) is 12.5 Å². The molecule has 0 spiro atoms. The number of rotatable bonds is 7. The van der Waals surface area contributed by atoms with E-state index in [1.807, 2.05) is 31.2 Å². The standard InChI is InChI=1S/C16H23N5O3.HI/c1-3-24-13-7-5-4-6-12(13)10-19-15(17-2)18-8-9-21-14(22)11-20-16(21)23;/h4-7H,3,8-11H2,1-2H3,(H,20,23)(H2,17,18,19);1H. The predicted molar refractivity (Wildman–Crippen MR) is 106 cm³/mol. The molecule has 0 unspecified atom stereocenters. The lowest BCUT2D eigenvalue weighted by atomic mass is 10.2.